The van der Waals surface area contributed by atoms with Crippen LogP contribution in [0.15, 0.2) is 0 Å². The van der Waals surface area contributed by atoms with Crippen LogP contribution in [0, 0.1) is 11.8 Å². The Bertz CT molecular complexity index is 66.8. The number of hydrogen-bond acceptors (Lipinski definition) is 0. The zero-order valence-electron chi connectivity index (χ0n) is 6.15. The summed E-state index contributed by atoms with van der Waals surface area (Å²) in [4.78, 5) is 0. The van der Waals surface area contributed by atoms with E-state index >= 15 is 0 Å². The van der Waals surface area contributed by atoms with Gasteiger partial charge in [0.05, 0.1) is 0 Å². The van der Waals surface area contributed by atoms with Crippen LogP contribution in [0.1, 0.15) is 27.2 Å². The second-order valence-corrected chi connectivity index (χ2v) is 3.31. The van der Waals surface area contributed by atoms with Crippen molar-refractivity contribution in [2.45, 2.75) is 27.2 Å². The number of hydrogen-bond donors (Lipinski definition) is 0. The monoisotopic (exact) mass is 128 g/mol. The minimum absolute atomic E-state index is 0.813. The van der Waals surface area contributed by atoms with Gasteiger partial charge in [-0.1, -0.05) is 20.8 Å². The van der Waals surface area contributed by atoms with Crippen molar-refractivity contribution in [3.05, 3.63) is 0 Å². The summed E-state index contributed by atoms with van der Waals surface area (Å²) in [5, 5.41) is 0. The maximum absolute atomic E-state index is 2.29. The predicted octanol–water partition coefficient (Wildman–Crippen LogP) is 1.10. The maximum atomic E-state index is 2.29. The van der Waals surface area contributed by atoms with E-state index < -0.39 is 0 Å². The van der Waals surface area contributed by atoms with Gasteiger partial charge in [0.2, 0.25) is 0 Å². The molecule has 0 radical (unpaired) electrons. The smallest absolute Gasteiger partial charge is 0.0285 e. The van der Waals surface area contributed by atoms with E-state index in [-0.39, 0.29) is 0 Å². The lowest BCUT2D eigenvalue weighted by molar-refractivity contribution is 0.529. The summed E-state index contributed by atoms with van der Waals surface area (Å²) < 4.78 is 0. The van der Waals surface area contributed by atoms with Gasteiger partial charge in [-0.05, 0) is 28.1 Å². The van der Waals surface area contributed by atoms with Crippen molar-refractivity contribution < 1.29 is 0 Å². The van der Waals surface area contributed by atoms with Gasteiger partial charge in [0.25, 0.3) is 0 Å². The SMILES string of the molecule is CC(C)CC(C)C=[SiH2]. The average Bonchev–Trinajstić information content (AvgIpc) is 1.65. The first-order chi connectivity index (χ1) is 3.66. The van der Waals surface area contributed by atoms with Crippen molar-refractivity contribution in [1.29, 1.82) is 0 Å². The molecule has 48 valence electrons. The predicted molar refractivity (Wildman–Crippen MR) is 43.2 cm³/mol. The van der Waals surface area contributed by atoms with Gasteiger partial charge in [-0.2, -0.15) is 0 Å². The van der Waals surface area contributed by atoms with Crippen LogP contribution in [0.4, 0.5) is 0 Å². The summed E-state index contributed by atoms with van der Waals surface area (Å²) in [5.41, 5.74) is 2.29. The lowest BCUT2D eigenvalue weighted by Gasteiger charge is -2.07. The minimum Gasteiger partial charge on any atom is -0.107 e. The van der Waals surface area contributed by atoms with Crippen LogP contribution in [-0.2, 0) is 0 Å². The molecule has 0 rings (SSSR count). The first-order valence-corrected chi connectivity index (χ1v) is 4.11. The van der Waals surface area contributed by atoms with Crippen LogP contribution in [0.2, 0.25) is 0 Å². The van der Waals surface area contributed by atoms with Gasteiger partial charge in [0, 0.05) is 0 Å². The van der Waals surface area contributed by atoms with E-state index in [9.17, 15) is 0 Å². The molecule has 0 aliphatic carbocycles. The molecular formula is C7H16Si. The molecule has 0 aliphatic heterocycles. The van der Waals surface area contributed by atoms with Crippen molar-refractivity contribution in [2.75, 3.05) is 0 Å². The van der Waals surface area contributed by atoms with Crippen molar-refractivity contribution in [1.82, 2.24) is 0 Å². The molecule has 0 aromatic rings. The Hall–Kier alpha value is 0.0869. The highest BCUT2D eigenvalue weighted by Gasteiger charge is 1.97. The topological polar surface area (TPSA) is 0 Å². The van der Waals surface area contributed by atoms with Crippen LogP contribution in [-0.4, -0.2) is 15.5 Å². The highest BCUT2D eigenvalue weighted by Crippen LogP contribution is 2.06. The van der Waals surface area contributed by atoms with E-state index in [0.29, 0.717) is 0 Å². The Morgan fingerprint density at radius 1 is 1.38 bits per heavy atom. The Balaban J connectivity index is 3.23. The molecule has 0 saturated carbocycles. The molecule has 0 aromatic heterocycles. The largest absolute Gasteiger partial charge is 0.107 e. The summed E-state index contributed by atoms with van der Waals surface area (Å²) in [6.45, 7) is 6.80. The van der Waals surface area contributed by atoms with Gasteiger partial charge >= 0.3 is 0 Å². The molecule has 0 amide bonds. The summed E-state index contributed by atoms with van der Waals surface area (Å²) >= 11 is 0. The van der Waals surface area contributed by atoms with E-state index in [0.717, 1.165) is 11.8 Å². The molecule has 1 atom stereocenters. The molecular weight excluding hydrogens is 112 g/mol. The van der Waals surface area contributed by atoms with Gasteiger partial charge in [0.15, 0.2) is 0 Å². The molecule has 0 nitrogen and oxygen atoms in total. The van der Waals surface area contributed by atoms with Crippen LogP contribution >= 0.6 is 0 Å². The zero-order valence-corrected chi connectivity index (χ0v) is 7.56. The molecule has 0 heterocycles. The van der Waals surface area contributed by atoms with Crippen LogP contribution in [0.3, 0.4) is 0 Å². The standard InChI is InChI=1S/C7H16Si/c1-6(2)4-7(3)5-8/h5-7H,4,8H2,1-3H3. The van der Waals surface area contributed by atoms with Gasteiger partial charge in [-0.15, -0.1) is 5.67 Å². The molecule has 0 fully saturated rings. The Labute approximate surface area is 55.3 Å². The minimum atomic E-state index is 0.813. The molecule has 0 aliphatic rings. The summed E-state index contributed by atoms with van der Waals surface area (Å²) in [5.74, 6) is 1.67. The van der Waals surface area contributed by atoms with Crippen LogP contribution in [0.25, 0.3) is 0 Å². The van der Waals surface area contributed by atoms with Gasteiger partial charge in [-0.3, -0.25) is 0 Å². The fourth-order valence-corrected chi connectivity index (χ4v) is 1.03. The molecule has 0 bridgehead atoms. The Morgan fingerprint density at radius 3 is 2.00 bits per heavy atom. The zero-order chi connectivity index (χ0) is 6.57. The van der Waals surface area contributed by atoms with Gasteiger partial charge < -0.3 is 0 Å². The van der Waals surface area contributed by atoms with Crippen molar-refractivity contribution in [3.8, 4) is 0 Å². The third kappa shape index (κ3) is 4.25. The van der Waals surface area contributed by atoms with E-state index in [1.807, 2.05) is 9.85 Å². The highest BCUT2D eigenvalue weighted by molar-refractivity contribution is 6.27. The van der Waals surface area contributed by atoms with Crippen molar-refractivity contribution in [3.63, 3.8) is 0 Å². The second-order valence-electron chi connectivity index (χ2n) is 2.84. The molecule has 0 spiro atoms. The third-order valence-corrected chi connectivity index (χ3v) is 2.05. The van der Waals surface area contributed by atoms with Gasteiger partial charge in [-0.25, -0.2) is 0 Å². The summed E-state index contributed by atoms with van der Waals surface area (Å²) in [7, 11) is 1.96. The molecule has 1 unspecified atom stereocenters. The van der Waals surface area contributed by atoms with Gasteiger partial charge in [0.1, 0.15) is 0 Å². The van der Waals surface area contributed by atoms with E-state index in [1.54, 1.807) is 0 Å². The van der Waals surface area contributed by atoms with Crippen molar-refractivity contribution in [2.24, 2.45) is 11.8 Å². The van der Waals surface area contributed by atoms with E-state index in [4.69, 9.17) is 0 Å². The summed E-state index contributed by atoms with van der Waals surface area (Å²) in [6.07, 6.45) is 1.34. The van der Waals surface area contributed by atoms with E-state index in [2.05, 4.69) is 26.4 Å². The molecule has 0 aromatic carbocycles. The first kappa shape index (κ1) is 8.09. The lowest BCUT2D eigenvalue weighted by atomic mass is 10.0. The normalized spacial score (nSPS) is 14.0. The highest BCUT2D eigenvalue weighted by atomic mass is 28.1. The average molecular weight is 128 g/mol. The van der Waals surface area contributed by atoms with Crippen LogP contribution in [0.5, 0.6) is 0 Å². The molecule has 8 heavy (non-hydrogen) atoms. The van der Waals surface area contributed by atoms with E-state index in [1.165, 1.54) is 6.42 Å². The molecule has 1 heteroatoms. The lowest BCUT2D eigenvalue weighted by Crippen LogP contribution is -2.00. The fourth-order valence-electron chi connectivity index (χ4n) is 0.840. The first-order valence-electron chi connectivity index (χ1n) is 3.29. The molecule has 0 N–H and O–H groups in total. The number of rotatable bonds is 3. The second kappa shape index (κ2) is 4.01. The maximum Gasteiger partial charge on any atom is -0.0285 e. The quantitative estimate of drug-likeness (QED) is 0.499. The summed E-state index contributed by atoms with van der Waals surface area (Å²) in [6, 6.07) is 0. The molecule has 0 saturated heterocycles. The Kier molecular flexibility index (Phi) is 4.06. The Morgan fingerprint density at radius 2 is 1.88 bits per heavy atom. The fraction of sp³-hybridized carbons (Fsp3) is 0.857. The van der Waals surface area contributed by atoms with Crippen LogP contribution < -0.4 is 0 Å². The van der Waals surface area contributed by atoms with Crippen molar-refractivity contribution >= 4 is 15.5 Å². The third-order valence-electron chi connectivity index (χ3n) is 1.25.